The van der Waals surface area contributed by atoms with Gasteiger partial charge in [-0.15, -0.1) is 11.3 Å². The lowest BCUT2D eigenvalue weighted by atomic mass is 10.1. The number of aliphatic imine (C=N–C) groups is 1. The van der Waals surface area contributed by atoms with E-state index < -0.39 is 0 Å². The molecule has 0 radical (unpaired) electrons. The number of nitrogens with zero attached hydrogens (tertiary/aromatic N) is 2. The number of carbonyl (C=O) groups is 1. The number of carbonyl (C=O) groups excluding carboxylic acids is 1. The average molecular weight is 505 g/mol. The van der Waals surface area contributed by atoms with Crippen LogP contribution < -0.4 is 0 Å². The summed E-state index contributed by atoms with van der Waals surface area (Å²) in [4.78, 5) is 18.7. The number of thiophene rings is 1. The van der Waals surface area contributed by atoms with Crippen LogP contribution >= 0.6 is 11.3 Å². The van der Waals surface area contributed by atoms with Crippen LogP contribution in [0.5, 0.6) is 0 Å². The Morgan fingerprint density at radius 2 is 1.49 bits per heavy atom. The van der Waals surface area contributed by atoms with E-state index in [0.29, 0.717) is 17.2 Å². The zero-order valence-corrected chi connectivity index (χ0v) is 22.0. The maximum atomic E-state index is 12.7. The minimum atomic E-state index is -0.327. The molecule has 184 valence electrons. The fourth-order valence-electron chi connectivity index (χ4n) is 4.46. The summed E-state index contributed by atoms with van der Waals surface area (Å²) in [6, 6.07) is 33.2. The molecule has 5 heteroatoms. The molecule has 2 aromatic heterocycles. The quantitative estimate of drug-likeness (QED) is 0.165. The molecule has 0 amide bonds. The fourth-order valence-corrected chi connectivity index (χ4v) is 5.45. The van der Waals surface area contributed by atoms with Gasteiger partial charge in [-0.05, 0) is 55.7 Å². The normalized spacial score (nSPS) is 11.2. The van der Waals surface area contributed by atoms with Crippen molar-refractivity contribution in [2.24, 2.45) is 4.99 Å². The predicted molar refractivity (Wildman–Crippen MR) is 154 cm³/mol. The summed E-state index contributed by atoms with van der Waals surface area (Å²) >= 11 is 1.51. The molecule has 2 heterocycles. The molecule has 0 saturated carbocycles. The second kappa shape index (κ2) is 10.8. The van der Waals surface area contributed by atoms with Gasteiger partial charge in [-0.2, -0.15) is 0 Å². The Morgan fingerprint density at radius 1 is 0.892 bits per heavy atom. The van der Waals surface area contributed by atoms with Gasteiger partial charge in [0.05, 0.1) is 23.6 Å². The van der Waals surface area contributed by atoms with Crippen LogP contribution in [-0.2, 0) is 4.74 Å². The number of ether oxygens (including phenoxy) is 1. The monoisotopic (exact) mass is 504 g/mol. The third kappa shape index (κ3) is 4.91. The third-order valence-electron chi connectivity index (χ3n) is 6.33. The molecule has 0 unspecified atom stereocenters. The molecule has 0 atom stereocenters. The summed E-state index contributed by atoms with van der Waals surface area (Å²) < 4.78 is 7.62. The van der Waals surface area contributed by atoms with Crippen LogP contribution in [-0.4, -0.2) is 23.4 Å². The lowest BCUT2D eigenvalue weighted by molar-refractivity contribution is 0.0527. The molecular weight excluding hydrogens is 476 g/mol. The molecule has 0 bridgehead atoms. The minimum absolute atomic E-state index is 0.327. The van der Waals surface area contributed by atoms with Crippen LogP contribution in [0.4, 0.5) is 5.00 Å². The first-order valence-corrected chi connectivity index (χ1v) is 13.1. The molecule has 4 nitrogen and oxygen atoms in total. The van der Waals surface area contributed by atoms with Gasteiger partial charge in [-0.1, -0.05) is 78.9 Å². The summed E-state index contributed by atoms with van der Waals surface area (Å²) in [7, 11) is 0. The van der Waals surface area contributed by atoms with E-state index in [9.17, 15) is 4.79 Å². The molecule has 5 rings (SSSR count). The van der Waals surface area contributed by atoms with Gasteiger partial charge in [0.15, 0.2) is 0 Å². The number of hydrogen-bond donors (Lipinski definition) is 0. The highest BCUT2D eigenvalue weighted by atomic mass is 32.1. The number of esters is 1. The van der Waals surface area contributed by atoms with E-state index >= 15 is 0 Å². The predicted octanol–water partition coefficient (Wildman–Crippen LogP) is 8.42. The molecular formula is C32H28N2O2S. The number of rotatable bonds is 7. The summed E-state index contributed by atoms with van der Waals surface area (Å²) in [5.41, 5.74) is 7.80. The Labute approximate surface area is 221 Å². The van der Waals surface area contributed by atoms with Crippen LogP contribution in [0.15, 0.2) is 102 Å². The molecule has 0 aliphatic heterocycles. The third-order valence-corrected chi connectivity index (χ3v) is 7.44. The van der Waals surface area contributed by atoms with Crippen molar-refractivity contribution in [1.29, 1.82) is 0 Å². The zero-order chi connectivity index (χ0) is 25.8. The summed E-state index contributed by atoms with van der Waals surface area (Å²) in [5.74, 6) is -0.327. The molecule has 3 aromatic carbocycles. The first kappa shape index (κ1) is 24.5. The number of benzene rings is 3. The zero-order valence-electron chi connectivity index (χ0n) is 21.1. The maximum Gasteiger partial charge on any atom is 0.341 e. The van der Waals surface area contributed by atoms with E-state index in [2.05, 4.69) is 71.3 Å². The van der Waals surface area contributed by atoms with Crippen molar-refractivity contribution in [2.75, 3.05) is 6.61 Å². The fraction of sp³-hybridized carbons (Fsp3) is 0.125. The van der Waals surface area contributed by atoms with Gasteiger partial charge in [-0.25, -0.2) is 9.79 Å². The van der Waals surface area contributed by atoms with Crippen molar-refractivity contribution >= 4 is 28.5 Å². The lowest BCUT2D eigenvalue weighted by Crippen LogP contribution is -2.05. The SMILES string of the molecule is CCOC(=O)c1c(N=Cc2cc(-c3ccccc3)n(-c3ccccc3)c2-c2ccccc2)sc(C)c1C. The highest BCUT2D eigenvalue weighted by Crippen LogP contribution is 2.38. The number of para-hydroxylation sites is 1. The first-order chi connectivity index (χ1) is 18.1. The first-order valence-electron chi connectivity index (χ1n) is 12.3. The van der Waals surface area contributed by atoms with E-state index in [1.54, 1.807) is 0 Å². The van der Waals surface area contributed by atoms with Crippen LogP contribution in [0, 0.1) is 13.8 Å². The minimum Gasteiger partial charge on any atom is -0.462 e. The van der Waals surface area contributed by atoms with Crippen molar-refractivity contribution in [3.05, 3.63) is 119 Å². The molecule has 0 spiro atoms. The Bertz CT molecular complexity index is 1550. The molecule has 0 fully saturated rings. The standard InChI is InChI=1S/C32H28N2O2S/c1-4-36-32(35)29-22(2)23(3)37-31(29)33-21-26-20-28(24-14-8-5-9-15-24)34(27-18-12-7-13-19-27)30(26)25-16-10-6-11-17-25/h5-21H,4H2,1-3H3. The van der Waals surface area contributed by atoms with Crippen molar-refractivity contribution in [3.63, 3.8) is 0 Å². The van der Waals surface area contributed by atoms with E-state index in [-0.39, 0.29) is 5.97 Å². The van der Waals surface area contributed by atoms with Gasteiger partial charge in [0.2, 0.25) is 0 Å². The van der Waals surface area contributed by atoms with E-state index in [4.69, 9.17) is 9.73 Å². The summed E-state index contributed by atoms with van der Waals surface area (Å²) in [5, 5.41) is 0.668. The van der Waals surface area contributed by atoms with Crippen LogP contribution in [0.2, 0.25) is 0 Å². The molecule has 0 aliphatic carbocycles. The Hall–Kier alpha value is -4.22. The maximum absolute atomic E-state index is 12.7. The van der Waals surface area contributed by atoms with Crippen molar-refractivity contribution < 1.29 is 9.53 Å². The van der Waals surface area contributed by atoms with E-state index in [1.165, 1.54) is 11.3 Å². The second-order valence-electron chi connectivity index (χ2n) is 8.68. The molecule has 0 aliphatic rings. The summed E-state index contributed by atoms with van der Waals surface area (Å²) in [6.07, 6.45) is 1.88. The van der Waals surface area contributed by atoms with Crippen LogP contribution in [0.3, 0.4) is 0 Å². The Balaban J connectivity index is 1.74. The van der Waals surface area contributed by atoms with E-state index in [0.717, 1.165) is 44.2 Å². The van der Waals surface area contributed by atoms with Gasteiger partial charge in [0.25, 0.3) is 0 Å². The largest absolute Gasteiger partial charge is 0.462 e. The highest BCUT2D eigenvalue weighted by Gasteiger charge is 2.22. The van der Waals surface area contributed by atoms with Crippen molar-refractivity contribution in [1.82, 2.24) is 4.57 Å². The second-order valence-corrected chi connectivity index (χ2v) is 9.88. The molecule has 0 N–H and O–H groups in total. The average Bonchev–Trinajstić information content (AvgIpc) is 3.46. The van der Waals surface area contributed by atoms with Crippen LogP contribution in [0.1, 0.15) is 33.3 Å². The number of hydrogen-bond acceptors (Lipinski definition) is 4. The Kier molecular flexibility index (Phi) is 7.15. The van der Waals surface area contributed by atoms with Crippen molar-refractivity contribution in [2.45, 2.75) is 20.8 Å². The molecule has 0 saturated heterocycles. The molecule has 5 aromatic rings. The topological polar surface area (TPSA) is 43.6 Å². The van der Waals surface area contributed by atoms with Gasteiger partial charge in [0, 0.05) is 22.3 Å². The smallest absolute Gasteiger partial charge is 0.341 e. The van der Waals surface area contributed by atoms with Crippen molar-refractivity contribution in [3.8, 4) is 28.2 Å². The molecule has 37 heavy (non-hydrogen) atoms. The van der Waals surface area contributed by atoms with Crippen LogP contribution in [0.25, 0.3) is 28.2 Å². The van der Waals surface area contributed by atoms with Gasteiger partial charge in [-0.3, -0.25) is 0 Å². The highest BCUT2D eigenvalue weighted by molar-refractivity contribution is 7.16. The van der Waals surface area contributed by atoms with E-state index in [1.807, 2.05) is 57.3 Å². The van der Waals surface area contributed by atoms with Gasteiger partial charge in [0.1, 0.15) is 5.00 Å². The van der Waals surface area contributed by atoms with Gasteiger partial charge >= 0.3 is 5.97 Å². The lowest BCUT2D eigenvalue weighted by Gasteiger charge is -2.15. The summed E-state index contributed by atoms with van der Waals surface area (Å²) in [6.45, 7) is 6.11. The van der Waals surface area contributed by atoms with Gasteiger partial charge < -0.3 is 9.30 Å². The number of aromatic nitrogens is 1. The Morgan fingerprint density at radius 3 is 2.11 bits per heavy atom. The number of aryl methyl sites for hydroxylation is 1.